The number of rotatable bonds is 3. The van der Waals surface area contributed by atoms with Crippen LogP contribution in [0.15, 0.2) is 53.7 Å². The molecule has 0 bridgehead atoms. The van der Waals surface area contributed by atoms with Gasteiger partial charge in [-0.2, -0.15) is 0 Å². The second kappa shape index (κ2) is 4.81. The number of aromatic nitrogens is 2. The van der Waals surface area contributed by atoms with Gasteiger partial charge in [0.1, 0.15) is 0 Å². The van der Waals surface area contributed by atoms with Crippen molar-refractivity contribution in [3.63, 3.8) is 0 Å². The van der Waals surface area contributed by atoms with Gasteiger partial charge < -0.3 is 4.98 Å². The number of nitrogens with one attached hydrogen (secondary N) is 2. The number of imidazole rings is 1. The lowest BCUT2D eigenvalue weighted by Gasteiger charge is -2.09. The largest absolute Gasteiger partial charge is 0.345 e. The normalized spacial score (nSPS) is 11.7. The lowest BCUT2D eigenvalue weighted by Crippen LogP contribution is -2.13. The van der Waals surface area contributed by atoms with Crippen LogP contribution in [0.2, 0.25) is 5.02 Å². The molecule has 0 aliphatic carbocycles. The van der Waals surface area contributed by atoms with Crippen LogP contribution in [0.1, 0.15) is 0 Å². The number of hydrogen-bond acceptors (Lipinski definition) is 3. The Balaban J connectivity index is 2.01. The lowest BCUT2D eigenvalue weighted by atomic mass is 10.3. The van der Waals surface area contributed by atoms with E-state index < -0.39 is 10.0 Å². The number of nitrogens with zero attached hydrogens (tertiary/aromatic N) is 1. The summed E-state index contributed by atoms with van der Waals surface area (Å²) < 4.78 is 27.1. The van der Waals surface area contributed by atoms with Gasteiger partial charge in [0.2, 0.25) is 0 Å². The van der Waals surface area contributed by atoms with E-state index in [4.69, 9.17) is 11.6 Å². The van der Waals surface area contributed by atoms with E-state index in [1.807, 2.05) is 0 Å². The molecule has 3 rings (SSSR count). The van der Waals surface area contributed by atoms with Crippen LogP contribution < -0.4 is 4.72 Å². The Bertz CT molecular complexity index is 874. The smallest absolute Gasteiger partial charge is 0.262 e. The van der Waals surface area contributed by atoms with E-state index in [2.05, 4.69) is 14.7 Å². The van der Waals surface area contributed by atoms with Gasteiger partial charge in [0, 0.05) is 0 Å². The fourth-order valence-electron chi connectivity index (χ4n) is 1.83. The van der Waals surface area contributed by atoms with Crippen molar-refractivity contribution in [2.45, 2.75) is 4.90 Å². The SMILES string of the molecule is O=S(=O)(Nc1ccccc1Cl)c1ccc2nc[nH]c2c1. The number of fused-ring (bicyclic) bond motifs is 1. The first kappa shape index (κ1) is 13.0. The Hall–Kier alpha value is -2.05. The molecule has 2 N–H and O–H groups in total. The third-order valence-corrected chi connectivity index (χ3v) is 4.51. The van der Waals surface area contributed by atoms with E-state index in [1.165, 1.54) is 18.5 Å². The Labute approximate surface area is 120 Å². The van der Waals surface area contributed by atoms with E-state index in [-0.39, 0.29) is 4.90 Å². The average Bonchev–Trinajstić information content (AvgIpc) is 2.88. The van der Waals surface area contributed by atoms with Crippen LogP contribution in [0.4, 0.5) is 5.69 Å². The van der Waals surface area contributed by atoms with Crippen LogP contribution in [0.5, 0.6) is 0 Å². The van der Waals surface area contributed by atoms with Gasteiger partial charge in [-0.25, -0.2) is 13.4 Å². The van der Waals surface area contributed by atoms with Crippen LogP contribution in [-0.4, -0.2) is 18.4 Å². The number of para-hydroxylation sites is 1. The van der Waals surface area contributed by atoms with Gasteiger partial charge in [0.05, 0.1) is 33.0 Å². The standard InChI is InChI=1S/C13H10ClN3O2S/c14-10-3-1-2-4-11(10)17-20(18,19)9-5-6-12-13(7-9)16-8-15-12/h1-8,17H,(H,15,16). The van der Waals surface area contributed by atoms with E-state index in [9.17, 15) is 8.42 Å². The van der Waals surface area contributed by atoms with Crippen molar-refractivity contribution in [3.05, 3.63) is 53.8 Å². The highest BCUT2D eigenvalue weighted by Crippen LogP contribution is 2.24. The minimum absolute atomic E-state index is 0.147. The molecule has 0 atom stereocenters. The third kappa shape index (κ3) is 2.35. The van der Waals surface area contributed by atoms with Crippen molar-refractivity contribution in [2.24, 2.45) is 0 Å². The van der Waals surface area contributed by atoms with Crippen molar-refractivity contribution < 1.29 is 8.42 Å². The zero-order valence-electron chi connectivity index (χ0n) is 10.2. The fraction of sp³-hybridized carbons (Fsp3) is 0. The number of aromatic amines is 1. The Morgan fingerprint density at radius 1 is 1.15 bits per heavy atom. The molecule has 20 heavy (non-hydrogen) atoms. The average molecular weight is 308 g/mol. The highest BCUT2D eigenvalue weighted by atomic mass is 35.5. The Morgan fingerprint density at radius 2 is 1.95 bits per heavy atom. The van der Waals surface area contributed by atoms with Crippen molar-refractivity contribution in [2.75, 3.05) is 4.72 Å². The van der Waals surface area contributed by atoms with Crippen LogP contribution >= 0.6 is 11.6 Å². The Kier molecular flexibility index (Phi) is 3.11. The molecule has 0 fully saturated rings. The second-order valence-corrected chi connectivity index (χ2v) is 6.26. The van der Waals surface area contributed by atoms with E-state index in [1.54, 1.807) is 30.3 Å². The molecule has 1 aromatic heterocycles. The molecule has 0 aliphatic heterocycles. The predicted molar refractivity (Wildman–Crippen MR) is 78.4 cm³/mol. The molecule has 0 saturated heterocycles. The summed E-state index contributed by atoms with van der Waals surface area (Å²) in [6, 6.07) is 11.3. The van der Waals surface area contributed by atoms with Gasteiger partial charge in [0.25, 0.3) is 10.0 Å². The number of anilines is 1. The molecule has 5 nitrogen and oxygen atoms in total. The number of halogens is 1. The molecule has 0 saturated carbocycles. The summed E-state index contributed by atoms with van der Waals surface area (Å²) in [6.45, 7) is 0. The maximum Gasteiger partial charge on any atom is 0.262 e. The van der Waals surface area contributed by atoms with Crippen molar-refractivity contribution in [1.82, 2.24) is 9.97 Å². The second-order valence-electron chi connectivity index (χ2n) is 4.17. The lowest BCUT2D eigenvalue weighted by molar-refractivity contribution is 0.601. The number of benzene rings is 2. The molecule has 7 heteroatoms. The minimum atomic E-state index is -3.69. The Morgan fingerprint density at radius 3 is 2.75 bits per heavy atom. The third-order valence-electron chi connectivity index (χ3n) is 2.82. The maximum atomic E-state index is 12.3. The molecule has 3 aromatic rings. The van der Waals surface area contributed by atoms with Crippen LogP contribution in [0.3, 0.4) is 0 Å². The first-order valence-corrected chi connectivity index (χ1v) is 7.63. The summed E-state index contributed by atoms with van der Waals surface area (Å²) in [5, 5.41) is 0.346. The first-order valence-electron chi connectivity index (χ1n) is 5.77. The topological polar surface area (TPSA) is 74.8 Å². The molecule has 0 spiro atoms. The summed E-state index contributed by atoms with van der Waals surface area (Å²) in [5.74, 6) is 0. The van der Waals surface area contributed by atoms with Crippen LogP contribution in [-0.2, 0) is 10.0 Å². The monoisotopic (exact) mass is 307 g/mol. The quantitative estimate of drug-likeness (QED) is 0.781. The number of hydrogen-bond donors (Lipinski definition) is 2. The molecule has 0 amide bonds. The van der Waals surface area contributed by atoms with E-state index >= 15 is 0 Å². The van der Waals surface area contributed by atoms with E-state index in [0.29, 0.717) is 21.7 Å². The molecule has 0 unspecified atom stereocenters. The predicted octanol–water partition coefficient (Wildman–Crippen LogP) is 3.02. The molecule has 102 valence electrons. The molecule has 0 radical (unpaired) electrons. The molecule has 2 aromatic carbocycles. The van der Waals surface area contributed by atoms with Crippen LogP contribution in [0, 0.1) is 0 Å². The molecular weight excluding hydrogens is 298 g/mol. The molecule has 1 heterocycles. The van der Waals surface area contributed by atoms with Gasteiger partial charge in [-0.15, -0.1) is 0 Å². The molecular formula is C13H10ClN3O2S. The van der Waals surface area contributed by atoms with Gasteiger partial charge >= 0.3 is 0 Å². The first-order chi connectivity index (χ1) is 9.56. The summed E-state index contributed by atoms with van der Waals surface area (Å²) in [6.07, 6.45) is 1.52. The maximum absolute atomic E-state index is 12.3. The van der Waals surface area contributed by atoms with Gasteiger partial charge in [0.15, 0.2) is 0 Å². The van der Waals surface area contributed by atoms with Crippen LogP contribution in [0.25, 0.3) is 11.0 Å². The summed E-state index contributed by atoms with van der Waals surface area (Å²) in [7, 11) is -3.69. The number of sulfonamides is 1. The van der Waals surface area contributed by atoms with Gasteiger partial charge in [-0.3, -0.25) is 4.72 Å². The van der Waals surface area contributed by atoms with Gasteiger partial charge in [-0.1, -0.05) is 23.7 Å². The fourth-order valence-corrected chi connectivity index (χ4v) is 3.17. The zero-order chi connectivity index (χ0) is 14.2. The van der Waals surface area contributed by atoms with Gasteiger partial charge in [-0.05, 0) is 30.3 Å². The van der Waals surface area contributed by atoms with E-state index in [0.717, 1.165) is 0 Å². The highest BCUT2D eigenvalue weighted by molar-refractivity contribution is 7.92. The highest BCUT2D eigenvalue weighted by Gasteiger charge is 2.16. The summed E-state index contributed by atoms with van der Waals surface area (Å²) in [5.41, 5.74) is 1.72. The molecule has 0 aliphatic rings. The van der Waals surface area contributed by atoms with Crippen molar-refractivity contribution in [3.8, 4) is 0 Å². The summed E-state index contributed by atoms with van der Waals surface area (Å²) in [4.78, 5) is 7.07. The zero-order valence-corrected chi connectivity index (χ0v) is 11.7. The summed E-state index contributed by atoms with van der Waals surface area (Å²) >= 11 is 5.95. The number of H-pyrrole nitrogens is 1. The van der Waals surface area contributed by atoms with Crippen molar-refractivity contribution in [1.29, 1.82) is 0 Å². The van der Waals surface area contributed by atoms with Crippen molar-refractivity contribution >= 4 is 38.3 Å². The minimum Gasteiger partial charge on any atom is -0.345 e.